The fourth-order valence-electron chi connectivity index (χ4n) is 2.83. The number of anilines is 2. The number of halogens is 1. The lowest BCUT2D eigenvalue weighted by molar-refractivity contribution is 0.359. The van der Waals surface area contributed by atoms with E-state index in [-0.39, 0.29) is 18.0 Å². The predicted molar refractivity (Wildman–Crippen MR) is 83.7 cm³/mol. The van der Waals surface area contributed by atoms with Crippen LogP contribution in [0.4, 0.5) is 11.9 Å². The SMILES string of the molecule is Nc1nc2n(n1)C(c1ccco1)CC(c1ccc(Cl)cc1)N2. The van der Waals surface area contributed by atoms with Gasteiger partial charge in [0.15, 0.2) is 0 Å². The first-order valence-corrected chi connectivity index (χ1v) is 7.36. The maximum Gasteiger partial charge on any atom is 0.241 e. The van der Waals surface area contributed by atoms with Gasteiger partial charge in [0, 0.05) is 11.4 Å². The molecule has 2 atom stereocenters. The summed E-state index contributed by atoms with van der Waals surface area (Å²) in [5.41, 5.74) is 6.88. The normalized spacial score (nSPS) is 20.4. The summed E-state index contributed by atoms with van der Waals surface area (Å²) in [5.74, 6) is 1.73. The van der Waals surface area contributed by atoms with Crippen LogP contribution in [-0.2, 0) is 0 Å². The zero-order valence-electron chi connectivity index (χ0n) is 11.6. The summed E-state index contributed by atoms with van der Waals surface area (Å²) in [4.78, 5) is 4.26. The molecular formula is C15H14ClN5O. The van der Waals surface area contributed by atoms with Crippen LogP contribution in [-0.4, -0.2) is 14.8 Å². The lowest BCUT2D eigenvalue weighted by Crippen LogP contribution is -2.27. The zero-order valence-corrected chi connectivity index (χ0v) is 12.4. The first kappa shape index (κ1) is 13.2. The van der Waals surface area contributed by atoms with Gasteiger partial charge in [-0.2, -0.15) is 4.98 Å². The van der Waals surface area contributed by atoms with E-state index in [0.717, 1.165) is 22.8 Å². The lowest BCUT2D eigenvalue weighted by atomic mass is 9.96. The number of nitrogens with zero attached hydrogens (tertiary/aromatic N) is 3. The summed E-state index contributed by atoms with van der Waals surface area (Å²) in [6, 6.07) is 11.6. The first-order valence-electron chi connectivity index (χ1n) is 6.98. The molecule has 0 saturated carbocycles. The molecule has 4 rings (SSSR count). The minimum absolute atomic E-state index is 0.0447. The van der Waals surface area contributed by atoms with Crippen molar-refractivity contribution < 1.29 is 4.42 Å². The third kappa shape index (κ3) is 2.21. The van der Waals surface area contributed by atoms with Crippen LogP contribution in [0, 0.1) is 0 Å². The highest BCUT2D eigenvalue weighted by Gasteiger charge is 2.32. The Kier molecular flexibility index (Phi) is 3.04. The van der Waals surface area contributed by atoms with E-state index in [9.17, 15) is 0 Å². The van der Waals surface area contributed by atoms with Crippen LogP contribution in [0.1, 0.15) is 29.8 Å². The molecule has 112 valence electrons. The predicted octanol–water partition coefficient (Wildman–Crippen LogP) is 3.25. The molecule has 0 saturated heterocycles. The number of hydrogen-bond donors (Lipinski definition) is 2. The highest BCUT2D eigenvalue weighted by Crippen LogP contribution is 2.38. The van der Waals surface area contributed by atoms with Crippen LogP contribution in [0.25, 0.3) is 0 Å². The highest BCUT2D eigenvalue weighted by atomic mass is 35.5. The highest BCUT2D eigenvalue weighted by molar-refractivity contribution is 6.30. The Morgan fingerprint density at radius 1 is 1.27 bits per heavy atom. The number of aromatic nitrogens is 3. The second kappa shape index (κ2) is 5.06. The molecule has 2 unspecified atom stereocenters. The van der Waals surface area contributed by atoms with Crippen molar-refractivity contribution in [3.8, 4) is 0 Å². The van der Waals surface area contributed by atoms with Gasteiger partial charge in [0.25, 0.3) is 0 Å². The Morgan fingerprint density at radius 2 is 2.09 bits per heavy atom. The standard InChI is InChI=1S/C15H14ClN5O/c16-10-5-3-9(4-6-10)11-8-12(13-2-1-7-22-13)21-15(18-11)19-14(17)20-21/h1-7,11-12H,8H2,(H3,17,18,19,20). The minimum Gasteiger partial charge on any atom is -0.467 e. The Balaban J connectivity index is 1.74. The van der Waals surface area contributed by atoms with E-state index in [1.807, 2.05) is 36.4 Å². The maximum absolute atomic E-state index is 5.97. The molecule has 0 fully saturated rings. The van der Waals surface area contributed by atoms with Crippen molar-refractivity contribution >= 4 is 23.5 Å². The third-order valence-electron chi connectivity index (χ3n) is 3.85. The third-order valence-corrected chi connectivity index (χ3v) is 4.10. The molecular weight excluding hydrogens is 302 g/mol. The zero-order chi connectivity index (χ0) is 15.1. The van der Waals surface area contributed by atoms with Gasteiger partial charge in [-0.1, -0.05) is 23.7 Å². The Labute approximate surface area is 131 Å². The molecule has 0 radical (unpaired) electrons. The van der Waals surface area contributed by atoms with Crippen LogP contribution in [0.5, 0.6) is 0 Å². The summed E-state index contributed by atoms with van der Waals surface area (Å²) in [6.07, 6.45) is 2.44. The molecule has 0 aliphatic carbocycles. The number of fused-ring (bicyclic) bond motifs is 1. The molecule has 22 heavy (non-hydrogen) atoms. The van der Waals surface area contributed by atoms with Crippen molar-refractivity contribution in [2.45, 2.75) is 18.5 Å². The first-order chi connectivity index (χ1) is 10.7. The number of nitrogens with one attached hydrogen (secondary N) is 1. The van der Waals surface area contributed by atoms with E-state index in [1.54, 1.807) is 10.9 Å². The average Bonchev–Trinajstić information content (AvgIpc) is 3.15. The number of nitrogen functional groups attached to an aromatic ring is 1. The molecule has 3 aromatic rings. The molecule has 1 aliphatic rings. The summed E-state index contributed by atoms with van der Waals surface area (Å²) in [7, 11) is 0. The second-order valence-electron chi connectivity index (χ2n) is 5.25. The van der Waals surface area contributed by atoms with E-state index in [1.165, 1.54) is 0 Å². The Hall–Kier alpha value is -2.47. The number of benzene rings is 1. The van der Waals surface area contributed by atoms with Crippen LogP contribution in [0.15, 0.2) is 47.1 Å². The van der Waals surface area contributed by atoms with Crippen LogP contribution >= 0.6 is 11.6 Å². The van der Waals surface area contributed by atoms with Gasteiger partial charge < -0.3 is 15.5 Å². The van der Waals surface area contributed by atoms with Gasteiger partial charge in [0.1, 0.15) is 11.8 Å². The Bertz CT molecular complexity index is 781. The summed E-state index contributed by atoms with van der Waals surface area (Å²) in [6.45, 7) is 0. The van der Waals surface area contributed by atoms with Crippen molar-refractivity contribution in [3.63, 3.8) is 0 Å². The van der Waals surface area contributed by atoms with Gasteiger partial charge in [-0.05, 0) is 29.8 Å². The number of hydrogen-bond acceptors (Lipinski definition) is 5. The Morgan fingerprint density at radius 3 is 2.82 bits per heavy atom. The van der Waals surface area contributed by atoms with Gasteiger partial charge >= 0.3 is 0 Å². The quantitative estimate of drug-likeness (QED) is 0.758. The van der Waals surface area contributed by atoms with Crippen molar-refractivity contribution in [2.75, 3.05) is 11.1 Å². The molecule has 0 bridgehead atoms. The van der Waals surface area contributed by atoms with Crippen molar-refractivity contribution in [3.05, 3.63) is 59.0 Å². The van der Waals surface area contributed by atoms with Gasteiger partial charge in [0.05, 0.1) is 12.3 Å². The van der Waals surface area contributed by atoms with E-state index < -0.39 is 0 Å². The van der Waals surface area contributed by atoms with Crippen LogP contribution < -0.4 is 11.1 Å². The van der Waals surface area contributed by atoms with Gasteiger partial charge in [-0.15, -0.1) is 5.10 Å². The van der Waals surface area contributed by atoms with Crippen molar-refractivity contribution in [1.82, 2.24) is 14.8 Å². The van der Waals surface area contributed by atoms with E-state index in [4.69, 9.17) is 21.8 Å². The van der Waals surface area contributed by atoms with E-state index in [2.05, 4.69) is 15.4 Å². The van der Waals surface area contributed by atoms with Gasteiger partial charge in [-0.25, -0.2) is 4.68 Å². The van der Waals surface area contributed by atoms with Crippen LogP contribution in [0.3, 0.4) is 0 Å². The number of furan rings is 1. The second-order valence-corrected chi connectivity index (χ2v) is 5.69. The van der Waals surface area contributed by atoms with E-state index in [0.29, 0.717) is 5.95 Å². The average molecular weight is 316 g/mol. The summed E-state index contributed by atoms with van der Waals surface area (Å²) < 4.78 is 7.34. The van der Waals surface area contributed by atoms with Crippen LogP contribution in [0.2, 0.25) is 5.02 Å². The number of rotatable bonds is 2. The van der Waals surface area contributed by atoms with Crippen molar-refractivity contribution in [2.24, 2.45) is 0 Å². The molecule has 7 heteroatoms. The van der Waals surface area contributed by atoms with E-state index >= 15 is 0 Å². The molecule has 3 N–H and O–H groups in total. The van der Waals surface area contributed by atoms with Crippen molar-refractivity contribution in [1.29, 1.82) is 0 Å². The number of nitrogens with two attached hydrogens (primary N) is 1. The van der Waals surface area contributed by atoms with Gasteiger partial charge in [0.2, 0.25) is 11.9 Å². The lowest BCUT2D eigenvalue weighted by Gasteiger charge is -2.30. The smallest absolute Gasteiger partial charge is 0.241 e. The fourth-order valence-corrected chi connectivity index (χ4v) is 2.95. The molecule has 1 aromatic carbocycles. The molecule has 6 nitrogen and oxygen atoms in total. The molecule has 3 heterocycles. The minimum atomic E-state index is -0.0447. The summed E-state index contributed by atoms with van der Waals surface area (Å²) >= 11 is 5.97. The molecule has 0 spiro atoms. The molecule has 0 amide bonds. The molecule has 1 aliphatic heterocycles. The monoisotopic (exact) mass is 315 g/mol. The van der Waals surface area contributed by atoms with Gasteiger partial charge in [-0.3, -0.25) is 0 Å². The summed E-state index contributed by atoms with van der Waals surface area (Å²) in [5, 5.41) is 8.36. The topological polar surface area (TPSA) is 81.9 Å². The molecule has 2 aromatic heterocycles. The maximum atomic E-state index is 5.97. The fraction of sp³-hybridized carbons (Fsp3) is 0.200. The largest absolute Gasteiger partial charge is 0.467 e.